The fraction of sp³-hybridized carbons (Fsp3) is 0.364. The van der Waals surface area contributed by atoms with Crippen LogP contribution in [0, 0.1) is 0 Å². The lowest BCUT2D eigenvalue weighted by Crippen LogP contribution is -2.08. The fourth-order valence-corrected chi connectivity index (χ4v) is 3.44. The number of tetrazole rings is 1. The molecule has 154 valence electrons. The number of nitrogens with one attached hydrogen (secondary N) is 1. The number of rotatable bonds is 9. The Morgan fingerprint density at radius 2 is 1.83 bits per heavy atom. The van der Waals surface area contributed by atoms with Crippen molar-refractivity contribution in [3.05, 3.63) is 59.9 Å². The van der Waals surface area contributed by atoms with Crippen molar-refractivity contribution in [2.75, 3.05) is 0 Å². The summed E-state index contributed by atoms with van der Waals surface area (Å²) in [6, 6.07) is 12.1. The highest BCUT2D eigenvalue weighted by Crippen LogP contribution is 2.29. The second kappa shape index (κ2) is 9.39. The van der Waals surface area contributed by atoms with E-state index in [4.69, 9.17) is 15.1 Å². The summed E-state index contributed by atoms with van der Waals surface area (Å²) in [6.07, 6.45) is 7.05. The predicted molar refractivity (Wildman–Crippen MR) is 115 cm³/mol. The highest BCUT2D eigenvalue weighted by Gasteiger charge is 2.13. The van der Waals surface area contributed by atoms with Crippen molar-refractivity contribution in [1.82, 2.24) is 40.4 Å². The topological polar surface area (TPSA) is 98.1 Å². The molecule has 0 saturated heterocycles. The van der Waals surface area contributed by atoms with E-state index in [0.29, 0.717) is 12.4 Å². The lowest BCUT2D eigenvalue weighted by Gasteiger charge is -2.08. The summed E-state index contributed by atoms with van der Waals surface area (Å²) >= 11 is 0. The maximum atomic E-state index is 4.74. The zero-order valence-corrected chi connectivity index (χ0v) is 17.4. The zero-order valence-electron chi connectivity index (χ0n) is 17.4. The monoisotopic (exact) mass is 402 g/mol. The number of pyridine rings is 1. The molecule has 0 aliphatic heterocycles. The molecule has 0 saturated carbocycles. The average molecular weight is 403 g/mol. The van der Waals surface area contributed by atoms with Crippen molar-refractivity contribution < 1.29 is 0 Å². The lowest BCUT2D eigenvalue weighted by atomic mass is 10.0. The Labute approximate surface area is 175 Å². The predicted octanol–water partition coefficient (Wildman–Crippen LogP) is 3.86. The fourth-order valence-electron chi connectivity index (χ4n) is 3.44. The molecule has 4 aromatic rings. The molecule has 0 fully saturated rings. The third-order valence-electron chi connectivity index (χ3n) is 4.98. The second-order valence-corrected chi connectivity index (χ2v) is 7.27. The van der Waals surface area contributed by atoms with Gasteiger partial charge in [0.15, 0.2) is 5.82 Å². The molecule has 0 aliphatic carbocycles. The molecule has 0 unspecified atom stereocenters. The largest absolute Gasteiger partial charge is 0.259 e. The van der Waals surface area contributed by atoms with Gasteiger partial charge in [0.05, 0.1) is 12.2 Å². The number of aromatic nitrogens is 8. The molecule has 0 radical (unpaired) electrons. The normalized spacial score (nSPS) is 11.1. The van der Waals surface area contributed by atoms with Gasteiger partial charge in [0.25, 0.3) is 0 Å². The van der Waals surface area contributed by atoms with Crippen LogP contribution in [0.4, 0.5) is 0 Å². The molecule has 8 nitrogen and oxygen atoms in total. The minimum absolute atomic E-state index is 0.570. The SMILES string of the molecule is CCCCc1nc(CCC)n(Cc2ccc(-c3ccccc3-c3nn[nH]n3)cn2)n1. The average Bonchev–Trinajstić information content (AvgIpc) is 3.44. The standard InChI is InChI=1S/C22H26N8/c1-3-5-11-20-24-21(8-4-2)30(27-20)15-17-13-12-16(14-23-17)18-9-6-7-10-19(18)22-25-28-29-26-22/h6-7,9-10,12-14H,3-5,8,11,15H2,1-2H3,(H,25,26,28,29). The van der Waals surface area contributed by atoms with Gasteiger partial charge in [-0.15, -0.1) is 10.2 Å². The van der Waals surface area contributed by atoms with Gasteiger partial charge in [-0.2, -0.15) is 10.3 Å². The van der Waals surface area contributed by atoms with Crippen LogP contribution >= 0.6 is 0 Å². The number of H-pyrrole nitrogens is 1. The number of aromatic amines is 1. The van der Waals surface area contributed by atoms with Gasteiger partial charge >= 0.3 is 0 Å². The quantitative estimate of drug-likeness (QED) is 0.456. The first-order valence-electron chi connectivity index (χ1n) is 10.5. The van der Waals surface area contributed by atoms with E-state index in [1.54, 1.807) is 0 Å². The molecular weight excluding hydrogens is 376 g/mol. The summed E-state index contributed by atoms with van der Waals surface area (Å²) in [5.74, 6) is 2.55. The number of hydrogen-bond acceptors (Lipinski definition) is 6. The molecule has 1 aromatic carbocycles. The van der Waals surface area contributed by atoms with Crippen molar-refractivity contribution in [1.29, 1.82) is 0 Å². The van der Waals surface area contributed by atoms with Crippen molar-refractivity contribution >= 4 is 0 Å². The van der Waals surface area contributed by atoms with Crippen LogP contribution in [-0.4, -0.2) is 40.4 Å². The van der Waals surface area contributed by atoms with E-state index in [2.05, 4.69) is 40.5 Å². The summed E-state index contributed by atoms with van der Waals surface area (Å²) < 4.78 is 2.00. The Hall–Kier alpha value is -3.42. The first kappa shape index (κ1) is 19.9. The van der Waals surface area contributed by atoms with E-state index in [1.807, 2.05) is 41.2 Å². The number of nitrogens with zero attached hydrogens (tertiary/aromatic N) is 7. The Morgan fingerprint density at radius 3 is 2.53 bits per heavy atom. The minimum Gasteiger partial charge on any atom is -0.259 e. The van der Waals surface area contributed by atoms with Crippen LogP contribution in [0.1, 0.15) is 50.5 Å². The molecule has 3 heterocycles. The molecule has 0 atom stereocenters. The van der Waals surface area contributed by atoms with Gasteiger partial charge in [0.1, 0.15) is 5.82 Å². The molecule has 1 N–H and O–H groups in total. The molecule has 3 aromatic heterocycles. The van der Waals surface area contributed by atoms with Gasteiger partial charge in [0, 0.05) is 30.2 Å². The summed E-state index contributed by atoms with van der Waals surface area (Å²) in [5, 5.41) is 19.1. The zero-order chi connectivity index (χ0) is 20.8. The molecule has 8 heteroatoms. The Balaban J connectivity index is 1.56. The van der Waals surface area contributed by atoms with Crippen LogP contribution in [-0.2, 0) is 19.4 Å². The van der Waals surface area contributed by atoms with Crippen molar-refractivity contribution in [3.8, 4) is 22.5 Å². The molecule has 0 bridgehead atoms. The maximum Gasteiger partial charge on any atom is 0.205 e. The van der Waals surface area contributed by atoms with Gasteiger partial charge in [-0.05, 0) is 29.7 Å². The Morgan fingerprint density at radius 1 is 0.967 bits per heavy atom. The van der Waals surface area contributed by atoms with E-state index in [1.165, 1.54) is 0 Å². The minimum atomic E-state index is 0.570. The summed E-state index contributed by atoms with van der Waals surface area (Å²) in [6.45, 7) is 4.98. The van der Waals surface area contributed by atoms with E-state index in [9.17, 15) is 0 Å². The third-order valence-corrected chi connectivity index (χ3v) is 4.98. The first-order chi connectivity index (χ1) is 14.8. The highest BCUT2D eigenvalue weighted by molar-refractivity contribution is 5.79. The number of benzene rings is 1. The number of unbranched alkanes of at least 4 members (excludes halogenated alkanes) is 1. The highest BCUT2D eigenvalue weighted by atomic mass is 15.5. The molecule has 0 spiro atoms. The third kappa shape index (κ3) is 4.42. The van der Waals surface area contributed by atoms with E-state index in [-0.39, 0.29) is 0 Å². The smallest absolute Gasteiger partial charge is 0.205 e. The summed E-state index contributed by atoms with van der Waals surface area (Å²) in [5.41, 5.74) is 3.91. The van der Waals surface area contributed by atoms with Crippen molar-refractivity contribution in [2.24, 2.45) is 0 Å². The number of aryl methyl sites for hydroxylation is 2. The lowest BCUT2D eigenvalue weighted by molar-refractivity contribution is 0.612. The molecule has 0 aliphatic rings. The number of hydrogen-bond donors (Lipinski definition) is 1. The molecule has 0 amide bonds. The summed E-state index contributed by atoms with van der Waals surface area (Å²) in [7, 11) is 0. The molecule has 4 rings (SSSR count). The molecular formula is C22H26N8. The van der Waals surface area contributed by atoms with Crippen LogP contribution in [0.25, 0.3) is 22.5 Å². The van der Waals surface area contributed by atoms with Gasteiger partial charge in [-0.25, -0.2) is 9.67 Å². The maximum absolute atomic E-state index is 4.74. The second-order valence-electron chi connectivity index (χ2n) is 7.27. The van der Waals surface area contributed by atoms with Gasteiger partial charge in [-0.1, -0.05) is 50.6 Å². The van der Waals surface area contributed by atoms with Gasteiger partial charge in [0.2, 0.25) is 5.82 Å². The van der Waals surface area contributed by atoms with E-state index in [0.717, 1.165) is 66.1 Å². The van der Waals surface area contributed by atoms with Gasteiger partial charge < -0.3 is 0 Å². The van der Waals surface area contributed by atoms with Crippen molar-refractivity contribution in [2.45, 2.75) is 52.5 Å². The first-order valence-corrected chi connectivity index (χ1v) is 10.5. The van der Waals surface area contributed by atoms with Crippen molar-refractivity contribution in [3.63, 3.8) is 0 Å². The van der Waals surface area contributed by atoms with Crippen LogP contribution in [0.5, 0.6) is 0 Å². The van der Waals surface area contributed by atoms with E-state index < -0.39 is 0 Å². The van der Waals surface area contributed by atoms with Crippen LogP contribution in [0.3, 0.4) is 0 Å². The van der Waals surface area contributed by atoms with E-state index >= 15 is 0 Å². The molecule has 30 heavy (non-hydrogen) atoms. The van der Waals surface area contributed by atoms with Gasteiger partial charge in [-0.3, -0.25) is 4.98 Å². The summed E-state index contributed by atoms with van der Waals surface area (Å²) in [4.78, 5) is 9.43. The van der Waals surface area contributed by atoms with Crippen LogP contribution in [0.15, 0.2) is 42.6 Å². The Bertz CT molecular complexity index is 1070. The Kier molecular flexibility index (Phi) is 6.22. The van der Waals surface area contributed by atoms with Crippen LogP contribution < -0.4 is 0 Å². The van der Waals surface area contributed by atoms with Crippen LogP contribution in [0.2, 0.25) is 0 Å².